The van der Waals surface area contributed by atoms with Crippen LogP contribution in [0.2, 0.25) is 11.6 Å². The summed E-state index contributed by atoms with van der Waals surface area (Å²) in [6, 6.07) is 0.444. The Morgan fingerprint density at radius 2 is 2.25 bits per heavy atom. The number of urea groups is 1. The third-order valence-electron chi connectivity index (χ3n) is 4.32. The Labute approximate surface area is 121 Å². The lowest BCUT2D eigenvalue weighted by Gasteiger charge is -2.29. The van der Waals surface area contributed by atoms with E-state index in [2.05, 4.69) is 5.32 Å². The Hall–Kier alpha value is -0.923. The first-order valence-electron chi connectivity index (χ1n) is 7.32. The van der Waals surface area contributed by atoms with Crippen molar-refractivity contribution in [3.63, 3.8) is 0 Å². The number of hydrogen-bond acceptors (Lipinski definition) is 4. The highest BCUT2D eigenvalue weighted by atomic mass is 28.3. The predicted octanol–water partition coefficient (Wildman–Crippen LogP) is 0.604. The van der Waals surface area contributed by atoms with Crippen molar-refractivity contribution in [2.75, 3.05) is 19.8 Å². The molecule has 2 aliphatic rings. The van der Waals surface area contributed by atoms with Crippen LogP contribution in [0.1, 0.15) is 33.1 Å². The highest BCUT2D eigenvalue weighted by Gasteiger charge is 2.45. The molecule has 2 saturated heterocycles. The molecule has 3 amide bonds. The van der Waals surface area contributed by atoms with Gasteiger partial charge in [-0.25, -0.2) is 4.79 Å². The van der Waals surface area contributed by atoms with E-state index in [9.17, 15) is 14.4 Å². The highest BCUT2D eigenvalue weighted by molar-refractivity contribution is 6.52. The van der Waals surface area contributed by atoms with Crippen molar-refractivity contribution in [3.8, 4) is 0 Å². The molecule has 2 atom stereocenters. The molecule has 0 spiro atoms. The number of carbonyl (C=O) groups is 2. The third kappa shape index (κ3) is 3.21. The molecule has 0 aromatic carbocycles. The van der Waals surface area contributed by atoms with E-state index >= 15 is 0 Å². The number of nitrogens with one attached hydrogen (secondary N) is 1. The second kappa shape index (κ2) is 6.24. The molecule has 0 aromatic heterocycles. The van der Waals surface area contributed by atoms with Crippen molar-refractivity contribution in [2.24, 2.45) is 0 Å². The molecular weight excluding hydrogens is 276 g/mol. The van der Waals surface area contributed by atoms with Crippen LogP contribution in [-0.2, 0) is 9.53 Å². The van der Waals surface area contributed by atoms with E-state index in [-0.39, 0.29) is 11.9 Å². The summed E-state index contributed by atoms with van der Waals surface area (Å²) in [6.07, 6.45) is 2.83. The van der Waals surface area contributed by atoms with E-state index in [1.54, 1.807) is 18.7 Å². The molecule has 2 rings (SSSR count). The minimum atomic E-state index is -1.79. The van der Waals surface area contributed by atoms with Crippen molar-refractivity contribution >= 4 is 21.0 Å². The van der Waals surface area contributed by atoms with Crippen molar-refractivity contribution in [3.05, 3.63) is 0 Å². The minimum absolute atomic E-state index is 0.249. The zero-order chi connectivity index (χ0) is 14.8. The lowest BCUT2D eigenvalue weighted by atomic mass is 10.0. The van der Waals surface area contributed by atoms with Crippen LogP contribution in [0.4, 0.5) is 4.79 Å². The summed E-state index contributed by atoms with van der Waals surface area (Å²) in [5, 5.41) is 2.34. The van der Waals surface area contributed by atoms with Gasteiger partial charge in [0, 0.05) is 19.8 Å². The van der Waals surface area contributed by atoms with Gasteiger partial charge in [0.25, 0.3) is 5.91 Å². The van der Waals surface area contributed by atoms with Crippen LogP contribution in [0.25, 0.3) is 0 Å². The summed E-state index contributed by atoms with van der Waals surface area (Å²) in [5.74, 6) is -0.249. The number of nitrogens with zero attached hydrogens (tertiary/aromatic N) is 1. The van der Waals surface area contributed by atoms with Crippen molar-refractivity contribution in [2.45, 2.75) is 50.2 Å². The van der Waals surface area contributed by atoms with E-state index in [0.717, 1.165) is 31.9 Å². The van der Waals surface area contributed by atoms with Gasteiger partial charge in [-0.15, -0.1) is 0 Å². The summed E-state index contributed by atoms with van der Waals surface area (Å²) >= 11 is 0. The van der Waals surface area contributed by atoms with Crippen LogP contribution >= 0.6 is 0 Å². The van der Waals surface area contributed by atoms with Gasteiger partial charge in [-0.05, 0) is 44.7 Å². The summed E-state index contributed by atoms with van der Waals surface area (Å²) in [4.78, 5) is 35.2. The molecule has 0 aromatic rings. The first kappa shape index (κ1) is 15.5. The maximum Gasteiger partial charge on any atom is 0.324 e. The average Bonchev–Trinajstić information content (AvgIpc) is 2.61. The first-order chi connectivity index (χ1) is 9.43. The molecule has 0 radical (unpaired) electrons. The fourth-order valence-corrected chi connectivity index (χ4v) is 4.89. The molecule has 2 aliphatic heterocycles. The van der Waals surface area contributed by atoms with E-state index in [0.29, 0.717) is 18.7 Å². The van der Waals surface area contributed by atoms with Gasteiger partial charge in [0.05, 0.1) is 0 Å². The smallest absolute Gasteiger partial charge is 0.324 e. The van der Waals surface area contributed by atoms with Crippen LogP contribution in [0.5, 0.6) is 0 Å². The van der Waals surface area contributed by atoms with Crippen LogP contribution < -0.4 is 5.32 Å². The second-order valence-electron chi connectivity index (χ2n) is 6.16. The highest BCUT2D eigenvalue weighted by Crippen LogP contribution is 2.25. The molecule has 2 fully saturated rings. The molecule has 6 nitrogen and oxygen atoms in total. The van der Waals surface area contributed by atoms with Gasteiger partial charge in [-0.3, -0.25) is 10.1 Å². The van der Waals surface area contributed by atoms with Gasteiger partial charge in [0.2, 0.25) is 0 Å². The molecule has 2 N–H and O–H groups in total. The largest absolute Gasteiger partial charge is 0.434 e. The second-order valence-corrected chi connectivity index (χ2v) is 8.81. The molecule has 0 aliphatic carbocycles. The predicted molar refractivity (Wildman–Crippen MR) is 76.9 cm³/mol. The number of rotatable bonds is 5. The van der Waals surface area contributed by atoms with E-state index < -0.39 is 14.6 Å². The van der Waals surface area contributed by atoms with Crippen LogP contribution in [0, 0.1) is 0 Å². The summed E-state index contributed by atoms with van der Waals surface area (Å²) in [5.41, 5.74) is -0.442. The molecule has 2 unspecified atom stereocenters. The number of ether oxygens (including phenoxy) is 1. The normalized spacial score (nSPS) is 27.6. The molecule has 0 bridgehead atoms. The van der Waals surface area contributed by atoms with E-state index in [4.69, 9.17) is 4.74 Å². The molecule has 7 heteroatoms. The number of carbonyl (C=O) groups excluding carboxylic acids is 2. The van der Waals surface area contributed by atoms with Gasteiger partial charge >= 0.3 is 6.03 Å². The van der Waals surface area contributed by atoms with Gasteiger partial charge in [-0.2, -0.15) is 0 Å². The van der Waals surface area contributed by atoms with E-state index in [1.165, 1.54) is 0 Å². The Kier molecular flexibility index (Phi) is 4.82. The monoisotopic (exact) mass is 300 g/mol. The van der Waals surface area contributed by atoms with Gasteiger partial charge < -0.3 is 14.4 Å². The van der Waals surface area contributed by atoms with Crippen molar-refractivity contribution < 1.29 is 19.1 Å². The number of hydrogen-bond donors (Lipinski definition) is 2. The Morgan fingerprint density at radius 3 is 2.80 bits per heavy atom. The Morgan fingerprint density at radius 1 is 1.50 bits per heavy atom. The summed E-state index contributed by atoms with van der Waals surface area (Å²) in [6.45, 7) is 5.50. The standard InChI is InChI=1S/C13H24N2O4Si/c1-13(2)11(16)14-12(17)15(13)6-4-8-20(18)10-5-3-7-19-9-10/h10,18,20H,3-9H2,1-2H3,(H,14,16,17). The molecule has 2 heterocycles. The Balaban J connectivity index is 1.77. The number of amides is 3. The topological polar surface area (TPSA) is 78.9 Å². The molecule has 20 heavy (non-hydrogen) atoms. The molecule has 0 saturated carbocycles. The minimum Gasteiger partial charge on any atom is -0.434 e. The SMILES string of the molecule is CC1(C)C(=O)NC(=O)N1CCC[SiH](O)C1CCCOC1. The van der Waals surface area contributed by atoms with Gasteiger partial charge in [0.1, 0.15) is 5.54 Å². The zero-order valence-corrected chi connectivity index (χ0v) is 13.4. The quantitative estimate of drug-likeness (QED) is 0.576. The summed E-state index contributed by atoms with van der Waals surface area (Å²) < 4.78 is 5.40. The maximum atomic E-state index is 11.7. The third-order valence-corrected chi connectivity index (χ3v) is 6.93. The average molecular weight is 300 g/mol. The van der Waals surface area contributed by atoms with Crippen molar-refractivity contribution in [1.29, 1.82) is 0 Å². The summed E-state index contributed by atoms with van der Waals surface area (Å²) in [7, 11) is -1.79. The molecule has 114 valence electrons. The van der Waals surface area contributed by atoms with E-state index in [1.807, 2.05) is 0 Å². The van der Waals surface area contributed by atoms with Crippen molar-refractivity contribution in [1.82, 2.24) is 10.2 Å². The maximum absolute atomic E-state index is 11.7. The van der Waals surface area contributed by atoms with Crippen LogP contribution in [0.15, 0.2) is 0 Å². The lowest BCUT2D eigenvalue weighted by Crippen LogP contribution is -2.44. The lowest BCUT2D eigenvalue weighted by molar-refractivity contribution is -0.125. The number of imide groups is 1. The molecular formula is C13H24N2O4Si. The zero-order valence-electron chi connectivity index (χ0n) is 12.2. The van der Waals surface area contributed by atoms with Gasteiger partial charge in [-0.1, -0.05) is 0 Å². The fraction of sp³-hybridized carbons (Fsp3) is 0.846. The van der Waals surface area contributed by atoms with Crippen LogP contribution in [0.3, 0.4) is 0 Å². The van der Waals surface area contributed by atoms with Crippen LogP contribution in [-0.4, -0.2) is 56.0 Å². The fourth-order valence-electron chi connectivity index (χ4n) is 2.84. The first-order valence-corrected chi connectivity index (χ1v) is 9.31. The Bertz CT molecular complexity index is 383. The van der Waals surface area contributed by atoms with Gasteiger partial charge in [0.15, 0.2) is 9.04 Å².